The van der Waals surface area contributed by atoms with E-state index in [4.69, 9.17) is 49.8 Å². The van der Waals surface area contributed by atoms with Crippen molar-refractivity contribution in [1.82, 2.24) is 0 Å². The van der Waals surface area contributed by atoms with Crippen LogP contribution in [0.5, 0.6) is 0 Å². The molecule has 14 nitrogen and oxygen atoms in total. The molecule has 16 heteroatoms. The number of rotatable bonds is 48. The fourth-order valence-electron chi connectivity index (χ4n) is 17.9. The van der Waals surface area contributed by atoms with Gasteiger partial charge in [-0.3, -0.25) is 0 Å². The van der Waals surface area contributed by atoms with Gasteiger partial charge in [0.05, 0.1) is 0 Å². The lowest BCUT2D eigenvalue weighted by atomic mass is 9.71. The van der Waals surface area contributed by atoms with Crippen LogP contribution in [0.15, 0.2) is 194 Å². The molecule has 0 heterocycles. The van der Waals surface area contributed by atoms with Crippen molar-refractivity contribution in [3.63, 3.8) is 0 Å². The molecule has 740 valence electrons. The molecule has 0 amide bonds. The van der Waals surface area contributed by atoms with Gasteiger partial charge in [-0.1, -0.05) is 461 Å². The quantitative estimate of drug-likeness (QED) is 0.0125. The second-order valence-corrected chi connectivity index (χ2v) is 43.8. The van der Waals surface area contributed by atoms with E-state index in [9.17, 15) is 20.4 Å². The molecule has 8 aromatic carbocycles. The van der Waals surface area contributed by atoms with Gasteiger partial charge in [0.2, 0.25) is 0 Å². The lowest BCUT2D eigenvalue weighted by molar-refractivity contribution is 0.254. The minimum atomic E-state index is -2.62. The van der Waals surface area contributed by atoms with Crippen molar-refractivity contribution in [2.24, 2.45) is 0 Å². The fraction of sp³-hybridized carbons (Fsp3) is 0.586. The van der Waals surface area contributed by atoms with Gasteiger partial charge in [-0.05, 0) is 162 Å². The highest BCUT2D eigenvalue weighted by molar-refractivity contribution is 7.38. The minimum Gasteiger partial charge on any atom is -0.396 e. The average molecular weight is 1860 g/mol. The van der Waals surface area contributed by atoms with Gasteiger partial charge < -0.3 is 70.2 Å². The largest absolute Gasteiger partial charge is 0.396 e. The zero-order chi connectivity index (χ0) is 98.8. The number of aliphatic hydroxyl groups is 8. The minimum absolute atomic E-state index is 0.0866. The molecule has 0 saturated heterocycles. The molecule has 4 unspecified atom stereocenters. The molecule has 0 radical (unpaired) electrons. The Kier molecular flexibility index (Phi) is 56.6. The van der Waals surface area contributed by atoms with Gasteiger partial charge in [0.15, 0.2) is 0 Å². The summed E-state index contributed by atoms with van der Waals surface area (Å²) < 4.78 is 0. The van der Waals surface area contributed by atoms with Crippen LogP contribution in [-0.4, -0.2) is 123 Å². The molecule has 0 aliphatic heterocycles. The predicted octanol–water partition coefficient (Wildman–Crippen LogP) is 26.8. The van der Waals surface area contributed by atoms with E-state index in [0.717, 1.165) is 103 Å². The maximum absolute atomic E-state index is 10.3. The molecule has 0 aliphatic carbocycles. The van der Waals surface area contributed by atoms with Gasteiger partial charge >= 0.3 is 17.2 Å². The smallest absolute Gasteiger partial charge is 0.324 e. The van der Waals surface area contributed by atoms with Crippen LogP contribution in [0.1, 0.15) is 431 Å². The van der Waals surface area contributed by atoms with Gasteiger partial charge in [-0.15, -0.1) is 0 Å². The molecule has 0 bridgehead atoms. The Labute approximate surface area is 803 Å². The van der Waals surface area contributed by atoms with Crippen LogP contribution < -0.4 is 0 Å². The van der Waals surface area contributed by atoms with Crippen LogP contribution in [0.25, 0.3) is 0 Å². The summed E-state index contributed by atoms with van der Waals surface area (Å²) in [5.41, 5.74) is 21.0. The van der Waals surface area contributed by atoms with E-state index in [-0.39, 0.29) is 93.4 Å². The predicted molar refractivity (Wildman–Crippen MR) is 559 cm³/mol. The summed E-state index contributed by atoms with van der Waals surface area (Å²) in [6, 6.07) is 70.7. The average Bonchev–Trinajstić information content (AvgIpc) is 0.784. The number of unbranched alkanes of at least 4 members (excludes halogenated alkanes) is 20. The van der Waals surface area contributed by atoms with Crippen molar-refractivity contribution in [3.05, 3.63) is 283 Å². The number of benzene rings is 8. The van der Waals surface area contributed by atoms with Crippen LogP contribution in [-0.2, 0) is 43.3 Å². The molecule has 4 atom stereocenters. The van der Waals surface area contributed by atoms with E-state index in [0.29, 0.717) is 26.4 Å². The second kappa shape index (κ2) is 62.1. The Balaban J connectivity index is 0.000000440. The Morgan fingerprint density at radius 2 is 0.333 bits per heavy atom. The lowest BCUT2D eigenvalue weighted by Gasteiger charge is -2.33. The molecule has 0 aliphatic rings. The Hall–Kier alpha value is -5.94. The van der Waals surface area contributed by atoms with Gasteiger partial charge in [-0.2, -0.15) is 0 Å². The zero-order valence-corrected chi connectivity index (χ0v) is 87.2. The van der Waals surface area contributed by atoms with E-state index in [1.165, 1.54) is 166 Å². The molecule has 0 aromatic heterocycles. The molecule has 14 N–H and O–H groups in total. The monoisotopic (exact) mass is 1860 g/mol. The van der Waals surface area contributed by atoms with Crippen molar-refractivity contribution in [2.75, 3.05) is 52.9 Å². The van der Waals surface area contributed by atoms with E-state index < -0.39 is 17.2 Å². The standard InChI is InChI=1S/4C29H44O2.2H3O3P/c4*1-28(2,3)25-18-19-26(23(22-31)15-11-8-6-7-9-14-20-30)27(21-25)29(4,5)24-16-12-10-13-17-24;2*1-4(2)3/h4*10,12-13,16-19,21,23,30-31H,6-9,11,14-15,20,22H2,1-5H3;2*1-3H. The maximum atomic E-state index is 10.3. The molecule has 0 spiro atoms. The SMILES string of the molecule is CC(C)(C)c1ccc(C(CO)CCCCCCCCO)c(C(C)(C)c2ccccc2)c1.CC(C)(C)c1ccc(C(CO)CCCCCCCCO)c(C(C)(C)c2ccccc2)c1.CC(C)(C)c1ccc(C(CO)CCCCCCCCO)c(C(C)(C)c2ccccc2)c1.CC(C)(C)c1ccc(C(CO)CCCCCCCCO)c(C(C)(C)c2ccccc2)c1.OP(O)O.OP(O)O. The van der Waals surface area contributed by atoms with E-state index >= 15 is 0 Å². The first-order valence-corrected chi connectivity index (χ1v) is 52.1. The molecular formula is C116H182O14P2. The van der Waals surface area contributed by atoms with Crippen molar-refractivity contribution in [3.8, 4) is 0 Å². The maximum Gasteiger partial charge on any atom is 0.324 e. The van der Waals surface area contributed by atoms with Crippen LogP contribution in [0.4, 0.5) is 0 Å². The Morgan fingerprint density at radius 1 is 0.189 bits per heavy atom. The van der Waals surface area contributed by atoms with Crippen molar-refractivity contribution in [1.29, 1.82) is 0 Å². The summed E-state index contributed by atoms with van der Waals surface area (Å²) in [4.78, 5) is 43.4. The van der Waals surface area contributed by atoms with Crippen molar-refractivity contribution in [2.45, 2.75) is 385 Å². The van der Waals surface area contributed by atoms with Crippen molar-refractivity contribution < 1.29 is 70.2 Å². The summed E-state index contributed by atoms with van der Waals surface area (Å²) >= 11 is 0. The third kappa shape index (κ3) is 42.6. The molecule has 8 rings (SSSR count). The first kappa shape index (κ1) is 120. The third-order valence-corrected chi connectivity index (χ3v) is 26.8. The highest BCUT2D eigenvalue weighted by Crippen LogP contribution is 2.46. The van der Waals surface area contributed by atoms with E-state index in [1.807, 2.05) is 0 Å². The normalized spacial score (nSPS) is 13.1. The summed E-state index contributed by atoms with van der Waals surface area (Å²) in [6.07, 6.45) is 31.1. The number of hydrogen-bond acceptors (Lipinski definition) is 14. The van der Waals surface area contributed by atoms with Gasteiger partial charge in [0.1, 0.15) is 0 Å². The molecule has 8 aromatic rings. The molecule has 0 fully saturated rings. The van der Waals surface area contributed by atoms with Gasteiger partial charge in [-0.25, -0.2) is 0 Å². The Bertz CT molecular complexity index is 3760. The molecular weight excluding hydrogens is 1680 g/mol. The lowest BCUT2D eigenvalue weighted by Crippen LogP contribution is -2.24. The van der Waals surface area contributed by atoms with Crippen molar-refractivity contribution >= 4 is 17.2 Å². The fourth-order valence-corrected chi connectivity index (χ4v) is 17.9. The first-order valence-electron chi connectivity index (χ1n) is 49.7. The number of hydrogen-bond donors (Lipinski definition) is 14. The van der Waals surface area contributed by atoms with E-state index in [2.05, 4.69) is 333 Å². The summed E-state index contributed by atoms with van der Waals surface area (Å²) in [5.74, 6) is 0.683. The number of aliphatic hydroxyl groups excluding tert-OH is 8. The van der Waals surface area contributed by atoms with Gasteiger partial charge in [0.25, 0.3) is 0 Å². The zero-order valence-electron chi connectivity index (χ0n) is 85.4. The van der Waals surface area contributed by atoms with Crippen LogP contribution >= 0.6 is 17.2 Å². The highest BCUT2D eigenvalue weighted by Gasteiger charge is 2.36. The third-order valence-electron chi connectivity index (χ3n) is 26.8. The molecule has 0 saturated carbocycles. The molecule has 132 heavy (non-hydrogen) atoms. The summed E-state index contributed by atoms with van der Waals surface area (Å²) in [6.45, 7) is 47.6. The van der Waals surface area contributed by atoms with Crippen LogP contribution in [0.2, 0.25) is 0 Å². The summed E-state index contributed by atoms with van der Waals surface area (Å²) in [5, 5.41) is 76.9. The Morgan fingerprint density at radius 3 is 0.470 bits per heavy atom. The van der Waals surface area contributed by atoms with Crippen LogP contribution in [0.3, 0.4) is 0 Å². The first-order chi connectivity index (χ1) is 62.3. The summed E-state index contributed by atoms with van der Waals surface area (Å²) in [7, 11) is -5.24. The van der Waals surface area contributed by atoms with E-state index in [1.54, 1.807) is 0 Å². The second-order valence-electron chi connectivity index (χ2n) is 42.8. The van der Waals surface area contributed by atoms with Gasteiger partial charge in [0, 0.05) is 98.2 Å². The highest BCUT2D eigenvalue weighted by atomic mass is 31.2. The van der Waals surface area contributed by atoms with Crippen LogP contribution in [0, 0.1) is 0 Å². The topological polar surface area (TPSA) is 283 Å².